The molecule has 0 atom stereocenters. The van der Waals surface area contributed by atoms with Crippen molar-refractivity contribution in [2.45, 2.75) is 13.8 Å². The molecule has 0 aliphatic rings. The maximum Gasteiger partial charge on any atom is 0.269 e. The molecule has 0 unspecified atom stereocenters. The van der Waals surface area contributed by atoms with Crippen LogP contribution in [0.5, 0.6) is 0 Å². The van der Waals surface area contributed by atoms with Crippen LogP contribution in [0.2, 0.25) is 0 Å². The molecule has 0 amide bonds. The Labute approximate surface area is 184 Å². The summed E-state index contributed by atoms with van der Waals surface area (Å²) in [5.41, 5.74) is 2.47. The van der Waals surface area contributed by atoms with Gasteiger partial charge in [0.05, 0.1) is 16.1 Å². The van der Waals surface area contributed by atoms with Gasteiger partial charge in [-0.3, -0.25) is 9.78 Å². The zero-order valence-corrected chi connectivity index (χ0v) is 19.5. The maximum atomic E-state index is 12.5. The summed E-state index contributed by atoms with van der Waals surface area (Å²) >= 11 is 1.48. The third-order valence-electron chi connectivity index (χ3n) is 4.27. The van der Waals surface area contributed by atoms with E-state index >= 15 is 0 Å². The van der Waals surface area contributed by atoms with Gasteiger partial charge in [-0.15, -0.1) is 12.1 Å². The molecule has 6 heteroatoms. The minimum Gasteiger partial charge on any atom is -0.496 e. The molecule has 0 aliphatic carbocycles. The summed E-state index contributed by atoms with van der Waals surface area (Å²) < 4.78 is 6.62. The Bertz CT molecular complexity index is 1080. The molecular weight excluding hydrogens is 551 g/mol. The van der Waals surface area contributed by atoms with E-state index in [0.29, 0.717) is 16.2 Å². The molecule has 28 heavy (non-hydrogen) atoms. The van der Waals surface area contributed by atoms with Gasteiger partial charge in [0.2, 0.25) is 0 Å². The Morgan fingerprint density at radius 3 is 2.50 bits per heavy atom. The normalized spacial score (nSPS) is 10.1. The molecule has 4 rings (SSSR count). The number of para-hydroxylation sites is 1. The largest absolute Gasteiger partial charge is 0.496 e. The number of thiazole rings is 1. The molecule has 2 heterocycles. The molecular formula is C22H23N2O2PtS-3. The van der Waals surface area contributed by atoms with Crippen LogP contribution in [0, 0.1) is 20.9 Å². The smallest absolute Gasteiger partial charge is 0.269 e. The number of benzene rings is 2. The summed E-state index contributed by atoms with van der Waals surface area (Å²) in [6.07, 6.45) is 0. The van der Waals surface area contributed by atoms with Crippen molar-refractivity contribution in [2.24, 2.45) is 0 Å². The van der Waals surface area contributed by atoms with Gasteiger partial charge < -0.3 is 24.2 Å². The number of hydrogen-bond donors (Lipinski definition) is 0. The van der Waals surface area contributed by atoms with Crippen molar-refractivity contribution in [3.63, 3.8) is 0 Å². The first-order chi connectivity index (χ1) is 12.2. The van der Waals surface area contributed by atoms with Crippen molar-refractivity contribution in [1.82, 2.24) is 4.98 Å². The Balaban J connectivity index is 0.00000131. The van der Waals surface area contributed by atoms with E-state index in [0.717, 1.165) is 34.4 Å². The molecule has 2 aromatic carbocycles. The topological polar surface area (TPSA) is 46.3 Å². The molecule has 2 aromatic heterocycles. The zero-order chi connectivity index (χ0) is 17.4. The van der Waals surface area contributed by atoms with Crippen LogP contribution in [0.4, 0.5) is 5.69 Å². The quantitative estimate of drug-likeness (QED) is 0.235. The summed E-state index contributed by atoms with van der Waals surface area (Å²) in [4.78, 5) is 19.2. The number of rotatable bonds is 4. The third-order valence-corrected chi connectivity index (χ3v) is 5.32. The Morgan fingerprint density at radius 1 is 1.11 bits per heavy atom. The molecule has 0 saturated heterocycles. The van der Waals surface area contributed by atoms with Gasteiger partial charge in [-0.05, 0) is 37.6 Å². The molecule has 0 bridgehead atoms. The first-order valence-corrected chi connectivity index (χ1v) is 9.12. The van der Waals surface area contributed by atoms with Crippen molar-refractivity contribution >= 4 is 38.2 Å². The number of hydrogen-bond acceptors (Lipinski definition) is 5. The maximum absolute atomic E-state index is 12.5. The summed E-state index contributed by atoms with van der Waals surface area (Å²) in [6.45, 7) is 6.01. The first kappa shape index (κ1) is 24.1. The monoisotopic (exact) mass is 574 g/mol. The minimum absolute atomic E-state index is 0. The Hall–Kier alpha value is -1.97. The van der Waals surface area contributed by atoms with E-state index in [-0.39, 0.29) is 35.9 Å². The molecule has 152 valence electrons. The first-order valence-electron chi connectivity index (χ1n) is 8.30. The van der Waals surface area contributed by atoms with Crippen LogP contribution >= 0.6 is 11.3 Å². The van der Waals surface area contributed by atoms with Gasteiger partial charge in [0, 0.05) is 44.5 Å². The number of fused-ring (bicyclic) bond motifs is 2. The SMILES string of the molecule is CCN(CC)c1ccc2[c-]c(-c3nc4ccccc4s3)c(=O)oc2c1.[CH3-].[CH3-].[Pt]. The van der Waals surface area contributed by atoms with Crippen molar-refractivity contribution in [3.8, 4) is 10.6 Å². The van der Waals surface area contributed by atoms with Gasteiger partial charge in [-0.25, -0.2) is 0 Å². The Kier molecular flexibility index (Phi) is 8.59. The fourth-order valence-electron chi connectivity index (χ4n) is 2.94. The number of anilines is 1. The predicted octanol–water partition coefficient (Wildman–Crippen LogP) is 5.61. The van der Waals surface area contributed by atoms with E-state index in [2.05, 4.69) is 29.8 Å². The average Bonchev–Trinajstić information content (AvgIpc) is 3.06. The van der Waals surface area contributed by atoms with Gasteiger partial charge in [0.1, 0.15) is 0 Å². The fraction of sp³-hybridized carbons (Fsp3) is 0.182. The van der Waals surface area contributed by atoms with Crippen LogP contribution in [0.15, 0.2) is 51.7 Å². The van der Waals surface area contributed by atoms with Crippen molar-refractivity contribution in [3.05, 3.63) is 73.8 Å². The second-order valence-electron chi connectivity index (χ2n) is 5.73. The molecule has 4 aromatic rings. The Morgan fingerprint density at radius 2 is 1.82 bits per heavy atom. The van der Waals surface area contributed by atoms with Gasteiger partial charge in [0.15, 0.2) is 0 Å². The van der Waals surface area contributed by atoms with E-state index in [4.69, 9.17) is 4.42 Å². The molecule has 0 N–H and O–H groups in total. The van der Waals surface area contributed by atoms with Gasteiger partial charge in [-0.1, -0.05) is 23.6 Å². The van der Waals surface area contributed by atoms with E-state index < -0.39 is 5.63 Å². The van der Waals surface area contributed by atoms with Crippen LogP contribution in [0.25, 0.3) is 31.8 Å². The second kappa shape index (κ2) is 9.99. The fourth-order valence-corrected chi connectivity index (χ4v) is 3.89. The van der Waals surface area contributed by atoms with Crippen LogP contribution < -0.4 is 10.5 Å². The zero-order valence-electron chi connectivity index (χ0n) is 16.4. The molecule has 0 saturated carbocycles. The summed E-state index contributed by atoms with van der Waals surface area (Å²) in [7, 11) is 0. The molecule has 4 nitrogen and oxygen atoms in total. The summed E-state index contributed by atoms with van der Waals surface area (Å²) in [6, 6.07) is 16.9. The second-order valence-corrected chi connectivity index (χ2v) is 6.76. The van der Waals surface area contributed by atoms with Crippen LogP contribution in [-0.4, -0.2) is 18.1 Å². The predicted molar refractivity (Wildman–Crippen MR) is 116 cm³/mol. The van der Waals surface area contributed by atoms with Crippen LogP contribution in [-0.2, 0) is 21.1 Å². The van der Waals surface area contributed by atoms with E-state index in [1.807, 2.05) is 42.5 Å². The van der Waals surface area contributed by atoms with E-state index in [9.17, 15) is 4.79 Å². The van der Waals surface area contributed by atoms with E-state index in [1.165, 1.54) is 11.3 Å². The van der Waals surface area contributed by atoms with Crippen molar-refractivity contribution < 1.29 is 25.5 Å². The summed E-state index contributed by atoms with van der Waals surface area (Å²) in [5.74, 6) is 0. The number of nitrogens with zero attached hydrogens (tertiary/aromatic N) is 2. The van der Waals surface area contributed by atoms with Crippen LogP contribution in [0.1, 0.15) is 13.8 Å². The van der Waals surface area contributed by atoms with Crippen molar-refractivity contribution in [2.75, 3.05) is 18.0 Å². The number of aromatic nitrogens is 1. The molecule has 0 aliphatic heterocycles. The third kappa shape index (κ3) is 4.37. The van der Waals surface area contributed by atoms with E-state index in [1.54, 1.807) is 0 Å². The summed E-state index contributed by atoms with van der Waals surface area (Å²) in [5, 5.41) is 1.43. The minimum atomic E-state index is -0.400. The molecule has 0 fully saturated rings. The standard InChI is InChI=1S/C20H17N2O2S.2CH3.Pt/c1-3-22(4-2)14-10-9-13-11-15(20(23)24-17(13)12-14)19-21-16-7-5-6-8-18(16)25-19;;;/h5-10,12H,3-4H2,1-2H3;2*1H3;/q3*-1;. The van der Waals surface area contributed by atoms with Gasteiger partial charge in [0.25, 0.3) is 5.63 Å². The van der Waals surface area contributed by atoms with Crippen molar-refractivity contribution in [1.29, 1.82) is 0 Å². The van der Waals surface area contributed by atoms with Gasteiger partial charge >= 0.3 is 0 Å². The molecule has 0 spiro atoms. The molecule has 0 radical (unpaired) electrons. The van der Waals surface area contributed by atoms with Crippen LogP contribution in [0.3, 0.4) is 0 Å². The van der Waals surface area contributed by atoms with Gasteiger partial charge in [-0.2, -0.15) is 11.3 Å². The average molecular weight is 575 g/mol.